The van der Waals surface area contributed by atoms with Crippen LogP contribution in [0.1, 0.15) is 30.9 Å². The Morgan fingerprint density at radius 2 is 2.35 bits per heavy atom. The van der Waals surface area contributed by atoms with Gasteiger partial charge in [-0.25, -0.2) is 0 Å². The fraction of sp³-hybridized carbons (Fsp3) is 0.538. The van der Waals surface area contributed by atoms with E-state index in [1.165, 1.54) is 11.1 Å². The quantitative estimate of drug-likeness (QED) is 0.579. The lowest BCUT2D eigenvalue weighted by Gasteiger charge is -2.06. The summed E-state index contributed by atoms with van der Waals surface area (Å²) in [5.41, 5.74) is 2.43. The van der Waals surface area contributed by atoms with E-state index in [0.717, 1.165) is 19.5 Å². The third kappa shape index (κ3) is 5.45. The van der Waals surface area contributed by atoms with Gasteiger partial charge in [0.15, 0.2) is 0 Å². The smallest absolute Gasteiger partial charge is 0.305 e. The topological polar surface area (TPSA) is 51.2 Å². The maximum absolute atomic E-state index is 11.1. The minimum atomic E-state index is -0.119. The molecule has 0 spiro atoms. The van der Waals surface area contributed by atoms with Crippen molar-refractivity contribution >= 4 is 5.97 Å². The van der Waals surface area contributed by atoms with Gasteiger partial charge in [0.25, 0.3) is 0 Å². The first kappa shape index (κ1) is 13.6. The zero-order valence-electron chi connectivity index (χ0n) is 10.5. The van der Waals surface area contributed by atoms with Gasteiger partial charge in [-0.15, -0.1) is 0 Å². The first-order chi connectivity index (χ1) is 8.24. The molecule has 0 saturated carbocycles. The minimum absolute atomic E-state index is 0.119. The summed E-state index contributed by atoms with van der Waals surface area (Å²) in [6.45, 7) is 5.95. The molecule has 1 rings (SSSR count). The Bertz CT molecular complexity index is 353. The van der Waals surface area contributed by atoms with Crippen molar-refractivity contribution in [3.05, 3.63) is 29.6 Å². The fourth-order valence-corrected chi connectivity index (χ4v) is 1.50. The molecule has 0 aliphatic heterocycles. The molecule has 1 aromatic rings. The van der Waals surface area contributed by atoms with E-state index in [1.54, 1.807) is 6.20 Å². The monoisotopic (exact) mass is 236 g/mol. The van der Waals surface area contributed by atoms with Crippen molar-refractivity contribution in [1.82, 2.24) is 10.3 Å². The molecule has 1 aromatic heterocycles. The Labute approximate surface area is 102 Å². The molecule has 0 radical (unpaired) electrons. The minimum Gasteiger partial charge on any atom is -0.466 e. The van der Waals surface area contributed by atoms with E-state index >= 15 is 0 Å². The molecular formula is C13H20N2O2. The van der Waals surface area contributed by atoms with Crippen molar-refractivity contribution in [2.24, 2.45) is 0 Å². The van der Waals surface area contributed by atoms with Gasteiger partial charge in [0, 0.05) is 25.4 Å². The fourth-order valence-electron chi connectivity index (χ4n) is 1.50. The number of pyridine rings is 1. The highest BCUT2D eigenvalue weighted by Gasteiger charge is 2.01. The first-order valence-corrected chi connectivity index (χ1v) is 6.00. The van der Waals surface area contributed by atoms with Gasteiger partial charge in [-0.1, -0.05) is 0 Å². The Kier molecular flexibility index (Phi) is 6.25. The second-order valence-corrected chi connectivity index (χ2v) is 3.89. The van der Waals surface area contributed by atoms with Crippen LogP contribution >= 0.6 is 0 Å². The van der Waals surface area contributed by atoms with Gasteiger partial charge >= 0.3 is 5.97 Å². The molecule has 0 fully saturated rings. The van der Waals surface area contributed by atoms with Crippen LogP contribution in [-0.2, 0) is 16.1 Å². The molecule has 0 aromatic carbocycles. The van der Waals surface area contributed by atoms with Crippen molar-refractivity contribution in [2.45, 2.75) is 33.2 Å². The number of hydrogen-bond acceptors (Lipinski definition) is 4. The highest BCUT2D eigenvalue weighted by Crippen LogP contribution is 2.03. The number of nitrogens with one attached hydrogen (secondary N) is 1. The molecule has 1 N–H and O–H groups in total. The standard InChI is InChI=1S/C13H20N2O2/c1-3-17-13(16)5-4-7-14-9-12-10-15-8-6-11(12)2/h6,8,10,14H,3-5,7,9H2,1-2H3. The lowest BCUT2D eigenvalue weighted by molar-refractivity contribution is -0.143. The highest BCUT2D eigenvalue weighted by molar-refractivity contribution is 5.69. The number of carbonyl (C=O) groups is 1. The third-order valence-electron chi connectivity index (χ3n) is 2.50. The maximum atomic E-state index is 11.1. The second-order valence-electron chi connectivity index (χ2n) is 3.89. The third-order valence-corrected chi connectivity index (χ3v) is 2.50. The number of nitrogens with zero attached hydrogens (tertiary/aromatic N) is 1. The summed E-state index contributed by atoms with van der Waals surface area (Å²) in [5, 5.41) is 3.29. The largest absolute Gasteiger partial charge is 0.466 e. The van der Waals surface area contributed by atoms with Gasteiger partial charge in [-0.2, -0.15) is 0 Å². The van der Waals surface area contributed by atoms with Crippen molar-refractivity contribution in [1.29, 1.82) is 0 Å². The zero-order valence-corrected chi connectivity index (χ0v) is 10.5. The summed E-state index contributed by atoms with van der Waals surface area (Å²) in [5.74, 6) is -0.119. The summed E-state index contributed by atoms with van der Waals surface area (Å²) < 4.78 is 4.85. The molecule has 0 unspecified atom stereocenters. The summed E-state index contributed by atoms with van der Waals surface area (Å²) in [6, 6.07) is 2.00. The number of aromatic nitrogens is 1. The highest BCUT2D eigenvalue weighted by atomic mass is 16.5. The van der Waals surface area contributed by atoms with Gasteiger partial charge in [0.1, 0.15) is 0 Å². The molecule has 17 heavy (non-hydrogen) atoms. The van der Waals surface area contributed by atoms with E-state index in [9.17, 15) is 4.79 Å². The molecule has 0 atom stereocenters. The molecule has 0 aliphatic carbocycles. The lowest BCUT2D eigenvalue weighted by atomic mass is 10.1. The summed E-state index contributed by atoms with van der Waals surface area (Å²) >= 11 is 0. The Morgan fingerprint density at radius 3 is 3.06 bits per heavy atom. The number of rotatable bonds is 7. The number of esters is 1. The van der Waals surface area contributed by atoms with E-state index in [-0.39, 0.29) is 5.97 Å². The average Bonchev–Trinajstić information content (AvgIpc) is 2.31. The Balaban J connectivity index is 2.13. The first-order valence-electron chi connectivity index (χ1n) is 6.00. The van der Waals surface area contributed by atoms with Crippen molar-refractivity contribution < 1.29 is 9.53 Å². The van der Waals surface area contributed by atoms with E-state index in [0.29, 0.717) is 13.0 Å². The summed E-state index contributed by atoms with van der Waals surface area (Å²) in [6.07, 6.45) is 4.94. The average molecular weight is 236 g/mol. The summed E-state index contributed by atoms with van der Waals surface area (Å²) in [4.78, 5) is 15.2. The molecule has 0 saturated heterocycles. The van der Waals surface area contributed by atoms with Gasteiger partial charge in [-0.3, -0.25) is 9.78 Å². The van der Waals surface area contributed by atoms with Gasteiger partial charge < -0.3 is 10.1 Å². The molecule has 4 nitrogen and oxygen atoms in total. The van der Waals surface area contributed by atoms with Crippen molar-refractivity contribution in [3.8, 4) is 0 Å². The SMILES string of the molecule is CCOC(=O)CCCNCc1cnccc1C. The second kappa shape index (κ2) is 7.79. The Morgan fingerprint density at radius 1 is 1.53 bits per heavy atom. The molecule has 0 amide bonds. The number of carbonyl (C=O) groups excluding carboxylic acids is 1. The van der Waals surface area contributed by atoms with Crippen molar-refractivity contribution in [2.75, 3.05) is 13.2 Å². The number of aryl methyl sites for hydroxylation is 1. The van der Waals surface area contributed by atoms with Crippen LogP contribution in [0, 0.1) is 6.92 Å². The lowest BCUT2D eigenvalue weighted by Crippen LogP contribution is -2.17. The molecule has 0 bridgehead atoms. The van der Waals surface area contributed by atoms with Crippen LogP contribution in [0.5, 0.6) is 0 Å². The van der Waals surface area contributed by atoms with Crippen LogP contribution in [0.15, 0.2) is 18.5 Å². The molecule has 1 heterocycles. The van der Waals surface area contributed by atoms with Gasteiger partial charge in [0.2, 0.25) is 0 Å². The van der Waals surface area contributed by atoms with E-state index < -0.39 is 0 Å². The van der Waals surface area contributed by atoms with Crippen LogP contribution in [0.4, 0.5) is 0 Å². The zero-order chi connectivity index (χ0) is 12.5. The van der Waals surface area contributed by atoms with Crippen LogP contribution in [-0.4, -0.2) is 24.1 Å². The van der Waals surface area contributed by atoms with Crippen LogP contribution in [0.25, 0.3) is 0 Å². The number of ether oxygens (including phenoxy) is 1. The molecule has 4 heteroatoms. The maximum Gasteiger partial charge on any atom is 0.305 e. The van der Waals surface area contributed by atoms with Gasteiger partial charge in [-0.05, 0) is 44.0 Å². The van der Waals surface area contributed by atoms with Crippen molar-refractivity contribution in [3.63, 3.8) is 0 Å². The van der Waals surface area contributed by atoms with Crippen LogP contribution in [0.3, 0.4) is 0 Å². The van der Waals surface area contributed by atoms with E-state index in [4.69, 9.17) is 4.74 Å². The number of hydrogen-bond donors (Lipinski definition) is 1. The van der Waals surface area contributed by atoms with Crippen LogP contribution < -0.4 is 5.32 Å². The molecule has 94 valence electrons. The van der Waals surface area contributed by atoms with Crippen LogP contribution in [0.2, 0.25) is 0 Å². The molecular weight excluding hydrogens is 216 g/mol. The normalized spacial score (nSPS) is 10.2. The van der Waals surface area contributed by atoms with Gasteiger partial charge in [0.05, 0.1) is 6.61 Å². The molecule has 0 aliphatic rings. The van der Waals surface area contributed by atoms with E-state index in [2.05, 4.69) is 17.2 Å². The predicted octanol–water partition coefficient (Wildman–Crippen LogP) is 1.82. The predicted molar refractivity (Wildman–Crippen MR) is 66.5 cm³/mol. The van der Waals surface area contributed by atoms with E-state index in [1.807, 2.05) is 19.2 Å². The summed E-state index contributed by atoms with van der Waals surface area (Å²) in [7, 11) is 0. The Hall–Kier alpha value is -1.42.